The van der Waals surface area contributed by atoms with Crippen molar-refractivity contribution in [3.63, 3.8) is 0 Å². The lowest BCUT2D eigenvalue weighted by atomic mass is 10.3. The summed E-state index contributed by atoms with van der Waals surface area (Å²) in [6.45, 7) is 6.84. The number of nitrogens with one attached hydrogen (secondary N) is 1. The van der Waals surface area contributed by atoms with Gasteiger partial charge in [-0.1, -0.05) is 13.8 Å². The molecule has 1 saturated heterocycles. The summed E-state index contributed by atoms with van der Waals surface area (Å²) in [7, 11) is -3.04. The highest BCUT2D eigenvalue weighted by atomic mass is 32.2. The lowest BCUT2D eigenvalue weighted by Gasteiger charge is -2.31. The highest BCUT2D eigenvalue weighted by Crippen LogP contribution is 2.22. The largest absolute Gasteiger partial charge is 0.316 e. The van der Waals surface area contributed by atoms with Crippen LogP contribution in [0.2, 0.25) is 0 Å². The average molecular weight is 266 g/mol. The Labute approximate surface area is 103 Å². The van der Waals surface area contributed by atoms with Crippen LogP contribution in [0.4, 0.5) is 0 Å². The molecule has 0 aromatic rings. The van der Waals surface area contributed by atoms with Gasteiger partial charge in [0.2, 0.25) is 10.0 Å². The summed E-state index contributed by atoms with van der Waals surface area (Å²) in [6, 6.07) is 0. The normalized spacial score (nSPS) is 23.5. The van der Waals surface area contributed by atoms with Gasteiger partial charge in [0, 0.05) is 30.6 Å². The van der Waals surface area contributed by atoms with Crippen molar-refractivity contribution in [2.75, 3.05) is 37.7 Å². The molecule has 1 N–H and O–H groups in total. The second kappa shape index (κ2) is 6.83. The van der Waals surface area contributed by atoms with E-state index in [1.807, 2.05) is 18.7 Å². The maximum Gasteiger partial charge on any atom is 0.215 e. The second-order valence-corrected chi connectivity index (χ2v) is 7.43. The third-order valence-corrected chi connectivity index (χ3v) is 5.95. The first-order valence-corrected chi connectivity index (χ1v) is 8.56. The standard InChI is InChI=1S/C10H22N2O2S2/c1-3-10-9-12(6-7-15-10)16(13,14)8-5-11-4-2/h10-11H,3-9H2,1-2H3. The molecule has 1 fully saturated rings. The summed E-state index contributed by atoms with van der Waals surface area (Å²) >= 11 is 1.89. The maximum atomic E-state index is 12.0. The van der Waals surface area contributed by atoms with Gasteiger partial charge in [0.15, 0.2) is 0 Å². The molecule has 1 aliphatic rings. The number of thioether (sulfide) groups is 1. The minimum atomic E-state index is -3.04. The monoisotopic (exact) mass is 266 g/mol. The van der Waals surface area contributed by atoms with Crippen molar-refractivity contribution >= 4 is 21.8 Å². The van der Waals surface area contributed by atoms with Crippen LogP contribution < -0.4 is 5.32 Å². The Kier molecular flexibility index (Phi) is 6.10. The van der Waals surface area contributed by atoms with Crippen LogP contribution in [0.5, 0.6) is 0 Å². The van der Waals surface area contributed by atoms with Crippen LogP contribution in [0.25, 0.3) is 0 Å². The summed E-state index contributed by atoms with van der Waals surface area (Å²) in [5.41, 5.74) is 0. The van der Waals surface area contributed by atoms with E-state index in [0.29, 0.717) is 24.9 Å². The van der Waals surface area contributed by atoms with Gasteiger partial charge in [-0.2, -0.15) is 16.1 Å². The molecule has 1 heterocycles. The van der Waals surface area contributed by atoms with Gasteiger partial charge in [-0.3, -0.25) is 0 Å². The zero-order chi connectivity index (χ0) is 12.0. The minimum Gasteiger partial charge on any atom is -0.316 e. The van der Waals surface area contributed by atoms with Crippen molar-refractivity contribution in [2.24, 2.45) is 0 Å². The zero-order valence-electron chi connectivity index (χ0n) is 10.1. The molecular weight excluding hydrogens is 244 g/mol. The molecule has 0 aromatic carbocycles. The topological polar surface area (TPSA) is 49.4 Å². The molecule has 0 radical (unpaired) electrons. The van der Waals surface area contributed by atoms with Crippen molar-refractivity contribution in [3.05, 3.63) is 0 Å². The van der Waals surface area contributed by atoms with E-state index in [-0.39, 0.29) is 5.75 Å². The first-order chi connectivity index (χ1) is 7.60. The van der Waals surface area contributed by atoms with Gasteiger partial charge in [0.25, 0.3) is 0 Å². The van der Waals surface area contributed by atoms with Gasteiger partial charge in [-0.15, -0.1) is 0 Å². The van der Waals surface area contributed by atoms with Crippen molar-refractivity contribution < 1.29 is 8.42 Å². The molecule has 16 heavy (non-hydrogen) atoms. The molecule has 0 saturated carbocycles. The maximum absolute atomic E-state index is 12.0. The SMILES string of the molecule is CCNCCS(=O)(=O)N1CCSC(CC)C1. The van der Waals surface area contributed by atoms with Gasteiger partial charge in [-0.25, -0.2) is 8.42 Å². The van der Waals surface area contributed by atoms with Crippen LogP contribution in [-0.2, 0) is 10.0 Å². The van der Waals surface area contributed by atoms with Crippen LogP contribution in [0.3, 0.4) is 0 Å². The molecule has 0 amide bonds. The number of rotatable bonds is 6. The molecule has 0 bridgehead atoms. The van der Waals surface area contributed by atoms with Gasteiger partial charge in [0.1, 0.15) is 0 Å². The Morgan fingerprint density at radius 1 is 1.44 bits per heavy atom. The van der Waals surface area contributed by atoms with Crippen molar-refractivity contribution in [1.82, 2.24) is 9.62 Å². The Hall–Kier alpha value is 0.220. The summed E-state index contributed by atoms with van der Waals surface area (Å²) in [4.78, 5) is 0. The van der Waals surface area contributed by atoms with Crippen LogP contribution in [0.15, 0.2) is 0 Å². The molecule has 0 spiro atoms. The van der Waals surface area contributed by atoms with E-state index in [4.69, 9.17) is 0 Å². The van der Waals surface area contributed by atoms with E-state index in [1.165, 1.54) is 0 Å². The predicted molar refractivity (Wildman–Crippen MR) is 70.4 cm³/mol. The highest BCUT2D eigenvalue weighted by Gasteiger charge is 2.27. The Morgan fingerprint density at radius 2 is 2.19 bits per heavy atom. The van der Waals surface area contributed by atoms with E-state index in [0.717, 1.165) is 18.7 Å². The van der Waals surface area contributed by atoms with E-state index >= 15 is 0 Å². The minimum absolute atomic E-state index is 0.224. The van der Waals surface area contributed by atoms with E-state index in [2.05, 4.69) is 12.2 Å². The van der Waals surface area contributed by atoms with Crippen molar-refractivity contribution in [2.45, 2.75) is 25.5 Å². The molecular formula is C10H22N2O2S2. The van der Waals surface area contributed by atoms with Crippen molar-refractivity contribution in [1.29, 1.82) is 0 Å². The van der Waals surface area contributed by atoms with E-state index < -0.39 is 10.0 Å². The van der Waals surface area contributed by atoms with Gasteiger partial charge < -0.3 is 5.32 Å². The number of hydrogen-bond acceptors (Lipinski definition) is 4. The van der Waals surface area contributed by atoms with Gasteiger partial charge in [0.05, 0.1) is 5.75 Å². The second-order valence-electron chi connectivity index (χ2n) is 3.93. The predicted octanol–water partition coefficient (Wildman–Crippen LogP) is 0.753. The molecule has 1 atom stereocenters. The van der Waals surface area contributed by atoms with Crippen LogP contribution in [0.1, 0.15) is 20.3 Å². The highest BCUT2D eigenvalue weighted by molar-refractivity contribution is 8.00. The molecule has 4 nitrogen and oxygen atoms in total. The molecule has 96 valence electrons. The lowest BCUT2D eigenvalue weighted by molar-refractivity contribution is 0.415. The fourth-order valence-electron chi connectivity index (χ4n) is 1.70. The third kappa shape index (κ3) is 4.24. The molecule has 0 aromatic heterocycles. The summed E-state index contributed by atoms with van der Waals surface area (Å²) in [5, 5.41) is 3.53. The lowest BCUT2D eigenvalue weighted by Crippen LogP contribution is -2.44. The Morgan fingerprint density at radius 3 is 2.81 bits per heavy atom. The molecule has 1 rings (SSSR count). The molecule has 1 unspecified atom stereocenters. The first kappa shape index (κ1) is 14.3. The zero-order valence-corrected chi connectivity index (χ0v) is 11.7. The van der Waals surface area contributed by atoms with Gasteiger partial charge in [-0.05, 0) is 13.0 Å². The summed E-state index contributed by atoms with van der Waals surface area (Å²) in [6.07, 6.45) is 1.05. The summed E-state index contributed by atoms with van der Waals surface area (Å²) in [5.74, 6) is 1.15. The number of hydrogen-bond donors (Lipinski definition) is 1. The number of sulfonamides is 1. The smallest absolute Gasteiger partial charge is 0.215 e. The number of nitrogens with zero attached hydrogens (tertiary/aromatic N) is 1. The fraction of sp³-hybridized carbons (Fsp3) is 1.00. The molecule has 0 aliphatic carbocycles. The van der Waals surface area contributed by atoms with Crippen molar-refractivity contribution in [3.8, 4) is 0 Å². The quantitative estimate of drug-likeness (QED) is 0.721. The summed E-state index contributed by atoms with van der Waals surface area (Å²) < 4.78 is 25.7. The Balaban J connectivity index is 2.47. The van der Waals surface area contributed by atoms with E-state index in [9.17, 15) is 8.42 Å². The third-order valence-electron chi connectivity index (χ3n) is 2.74. The molecule has 6 heteroatoms. The van der Waals surface area contributed by atoms with Crippen LogP contribution in [0, 0.1) is 0 Å². The fourth-order valence-corrected chi connectivity index (χ4v) is 4.53. The Bertz CT molecular complexity index is 293. The molecule has 1 aliphatic heterocycles. The van der Waals surface area contributed by atoms with Gasteiger partial charge >= 0.3 is 0 Å². The van der Waals surface area contributed by atoms with E-state index in [1.54, 1.807) is 4.31 Å². The first-order valence-electron chi connectivity index (χ1n) is 5.90. The average Bonchev–Trinajstić information content (AvgIpc) is 2.29. The van der Waals surface area contributed by atoms with Crippen LogP contribution in [-0.4, -0.2) is 55.7 Å². The van der Waals surface area contributed by atoms with Crippen LogP contribution >= 0.6 is 11.8 Å².